The number of fused-ring (bicyclic) bond motifs is 2. The summed E-state index contributed by atoms with van der Waals surface area (Å²) in [5.74, 6) is -4.32. The van der Waals surface area contributed by atoms with Crippen LogP contribution in [0, 0.1) is 5.92 Å². The standard InChI is InChI=1S/C29H18Cl2F3N3O5S2/c30-13-5-8-15(9-6-13)35-20(38)12-42-19-10-7-14(31)11-16(19)21-22-24(43-25-23(21)44-28(41)36-25)27(40)37(26(22)39)18-4-2-1-3-17(18)29(32,33)34/h1-11,21-22,24H,12H2,(H,35,38)(H,36,41). The van der Waals surface area contributed by atoms with Crippen molar-refractivity contribution < 1.29 is 32.3 Å². The number of nitrogens with one attached hydrogen (secondary N) is 2. The normalized spacial score (nSPS) is 19.5. The van der Waals surface area contributed by atoms with Gasteiger partial charge in [-0.2, -0.15) is 13.2 Å². The Bertz CT molecular complexity index is 1860. The number of hydrogen-bond donors (Lipinski definition) is 2. The van der Waals surface area contributed by atoms with Crippen molar-refractivity contribution in [1.82, 2.24) is 4.98 Å². The van der Waals surface area contributed by atoms with Gasteiger partial charge in [0.15, 0.2) is 6.61 Å². The number of alkyl halides is 3. The lowest BCUT2D eigenvalue weighted by atomic mass is 9.82. The molecule has 2 N–H and O–H groups in total. The molecule has 2 aliphatic rings. The number of ether oxygens (including phenoxy) is 1. The number of carbonyl (C=O) groups is 3. The topological polar surface area (TPSA) is 109 Å². The van der Waals surface area contributed by atoms with Gasteiger partial charge in [0, 0.05) is 32.1 Å². The lowest BCUT2D eigenvalue weighted by molar-refractivity contribution is -0.137. The number of halogens is 5. The van der Waals surface area contributed by atoms with Crippen molar-refractivity contribution in [3.63, 3.8) is 0 Å². The number of hydrogen-bond acceptors (Lipinski definition) is 7. The van der Waals surface area contributed by atoms with E-state index >= 15 is 0 Å². The second-order valence-corrected chi connectivity index (χ2v) is 12.8. The summed E-state index contributed by atoms with van der Waals surface area (Å²) in [7, 11) is 0. The molecule has 8 nitrogen and oxygen atoms in total. The monoisotopic (exact) mass is 679 g/mol. The van der Waals surface area contributed by atoms with E-state index in [-0.39, 0.29) is 16.3 Å². The molecule has 6 rings (SSSR count). The van der Waals surface area contributed by atoms with Gasteiger partial charge in [-0.25, -0.2) is 4.90 Å². The molecular weight excluding hydrogens is 662 g/mol. The Balaban J connectivity index is 1.38. The van der Waals surface area contributed by atoms with Gasteiger partial charge >= 0.3 is 11.0 Å². The van der Waals surface area contributed by atoms with Crippen LogP contribution in [0.3, 0.4) is 0 Å². The van der Waals surface area contributed by atoms with Gasteiger partial charge in [-0.1, -0.05) is 58.4 Å². The number of thiazole rings is 1. The number of para-hydroxylation sites is 1. The number of benzene rings is 3. The molecule has 15 heteroatoms. The highest BCUT2D eigenvalue weighted by Crippen LogP contribution is 2.55. The van der Waals surface area contributed by atoms with Gasteiger partial charge < -0.3 is 15.0 Å². The van der Waals surface area contributed by atoms with Crippen LogP contribution < -0.4 is 19.8 Å². The van der Waals surface area contributed by atoms with Gasteiger partial charge in [0.05, 0.1) is 22.2 Å². The molecule has 0 bridgehead atoms. The van der Waals surface area contributed by atoms with E-state index in [1.54, 1.807) is 24.3 Å². The summed E-state index contributed by atoms with van der Waals surface area (Å²) >= 11 is 14.0. The predicted octanol–water partition coefficient (Wildman–Crippen LogP) is 6.58. The molecule has 1 saturated heterocycles. The molecule has 0 saturated carbocycles. The molecule has 3 aromatic carbocycles. The highest BCUT2D eigenvalue weighted by atomic mass is 35.5. The minimum absolute atomic E-state index is 0.137. The molecule has 44 heavy (non-hydrogen) atoms. The second kappa shape index (κ2) is 11.6. The van der Waals surface area contributed by atoms with Crippen LogP contribution in [-0.4, -0.2) is 34.6 Å². The summed E-state index contributed by atoms with van der Waals surface area (Å²) < 4.78 is 47.6. The van der Waals surface area contributed by atoms with Gasteiger partial charge in [-0.15, -0.1) is 0 Å². The maximum absolute atomic E-state index is 14.0. The minimum Gasteiger partial charge on any atom is -0.483 e. The summed E-state index contributed by atoms with van der Waals surface area (Å²) in [6.45, 7) is -0.457. The summed E-state index contributed by atoms with van der Waals surface area (Å²) in [4.78, 5) is 56.0. The van der Waals surface area contributed by atoms with Crippen molar-refractivity contribution in [2.45, 2.75) is 22.4 Å². The van der Waals surface area contributed by atoms with Gasteiger partial charge in [0.2, 0.25) is 11.8 Å². The van der Waals surface area contributed by atoms with Crippen LogP contribution in [0.1, 0.15) is 21.9 Å². The zero-order valence-corrected chi connectivity index (χ0v) is 25.1. The van der Waals surface area contributed by atoms with Gasteiger partial charge in [-0.3, -0.25) is 19.2 Å². The molecule has 226 valence electrons. The van der Waals surface area contributed by atoms with Gasteiger partial charge in [-0.05, 0) is 54.6 Å². The Kier molecular flexibility index (Phi) is 7.99. The number of aromatic nitrogens is 1. The quantitative estimate of drug-likeness (QED) is 0.223. The number of H-pyrrole nitrogens is 1. The molecule has 3 amide bonds. The number of aromatic amines is 1. The zero-order valence-electron chi connectivity index (χ0n) is 22.0. The number of nitrogens with zero attached hydrogens (tertiary/aromatic N) is 1. The van der Waals surface area contributed by atoms with Crippen molar-refractivity contribution in [2.24, 2.45) is 5.92 Å². The first-order chi connectivity index (χ1) is 20.9. The van der Waals surface area contributed by atoms with Crippen LogP contribution in [0.25, 0.3) is 0 Å². The number of thioether (sulfide) groups is 1. The van der Waals surface area contributed by atoms with E-state index in [2.05, 4.69) is 10.3 Å². The molecule has 0 radical (unpaired) electrons. The number of carbonyl (C=O) groups excluding carboxylic acids is 3. The SMILES string of the molecule is O=C(COc1ccc(Cl)cc1C1c2sc(=O)[nH]c2SC2C(=O)N(c3ccccc3C(F)(F)F)C(=O)C21)Nc1ccc(Cl)cc1. The fourth-order valence-corrected chi connectivity index (χ4v) is 8.08. The lowest BCUT2D eigenvalue weighted by Gasteiger charge is -2.31. The lowest BCUT2D eigenvalue weighted by Crippen LogP contribution is -2.33. The van der Waals surface area contributed by atoms with E-state index < -0.39 is 63.7 Å². The summed E-state index contributed by atoms with van der Waals surface area (Å²) in [5, 5.41) is 2.53. The van der Waals surface area contributed by atoms with E-state index in [0.717, 1.165) is 35.2 Å². The molecule has 3 atom stereocenters. The Labute approximate surface area is 265 Å². The molecular formula is C29H18Cl2F3N3O5S2. The summed E-state index contributed by atoms with van der Waals surface area (Å²) in [6, 6.07) is 15.2. The Hall–Kier alpha value is -3.78. The third-order valence-corrected chi connectivity index (χ3v) is 9.96. The molecule has 3 heterocycles. The summed E-state index contributed by atoms with van der Waals surface area (Å²) in [6.07, 6.45) is -4.83. The molecule has 2 aliphatic heterocycles. The minimum atomic E-state index is -4.83. The van der Waals surface area contributed by atoms with Crippen molar-refractivity contribution in [3.8, 4) is 5.75 Å². The molecule has 4 aromatic rings. The number of anilines is 2. The predicted molar refractivity (Wildman–Crippen MR) is 161 cm³/mol. The van der Waals surface area contributed by atoms with E-state index in [9.17, 15) is 32.3 Å². The average molecular weight is 681 g/mol. The third kappa shape index (κ3) is 5.60. The van der Waals surface area contributed by atoms with Crippen LogP contribution in [0.5, 0.6) is 5.75 Å². The Morgan fingerprint density at radius 3 is 2.41 bits per heavy atom. The first kappa shape index (κ1) is 30.3. The molecule has 1 aromatic heterocycles. The van der Waals surface area contributed by atoms with Crippen molar-refractivity contribution in [1.29, 1.82) is 0 Å². The number of rotatable bonds is 6. The Morgan fingerprint density at radius 2 is 1.68 bits per heavy atom. The third-order valence-electron chi connectivity index (χ3n) is 7.07. The smallest absolute Gasteiger partial charge is 0.418 e. The van der Waals surface area contributed by atoms with Crippen LogP contribution in [0.2, 0.25) is 10.0 Å². The first-order valence-electron chi connectivity index (χ1n) is 12.8. The van der Waals surface area contributed by atoms with Crippen LogP contribution in [0.15, 0.2) is 76.6 Å². The van der Waals surface area contributed by atoms with E-state index in [0.29, 0.717) is 25.5 Å². The van der Waals surface area contributed by atoms with Gasteiger partial charge in [0.1, 0.15) is 11.0 Å². The number of imide groups is 1. The average Bonchev–Trinajstić information content (AvgIpc) is 3.47. The Morgan fingerprint density at radius 1 is 0.977 bits per heavy atom. The number of amides is 3. The van der Waals surface area contributed by atoms with Crippen LogP contribution >= 0.6 is 46.3 Å². The van der Waals surface area contributed by atoms with E-state index in [1.807, 2.05) is 0 Å². The van der Waals surface area contributed by atoms with Crippen LogP contribution in [0.4, 0.5) is 24.5 Å². The van der Waals surface area contributed by atoms with Crippen molar-refractivity contribution >= 4 is 75.4 Å². The van der Waals surface area contributed by atoms with E-state index in [1.165, 1.54) is 30.3 Å². The maximum Gasteiger partial charge on any atom is 0.418 e. The highest BCUT2D eigenvalue weighted by Gasteiger charge is 2.57. The van der Waals surface area contributed by atoms with Crippen molar-refractivity contribution in [2.75, 3.05) is 16.8 Å². The van der Waals surface area contributed by atoms with Crippen LogP contribution in [-0.2, 0) is 20.6 Å². The fourth-order valence-electron chi connectivity index (χ4n) is 5.27. The van der Waals surface area contributed by atoms with Gasteiger partial charge in [0.25, 0.3) is 5.91 Å². The second-order valence-electron chi connectivity index (χ2n) is 9.80. The molecule has 0 aliphatic carbocycles. The zero-order chi connectivity index (χ0) is 31.3. The molecule has 0 spiro atoms. The van der Waals surface area contributed by atoms with Crippen molar-refractivity contribution in [3.05, 3.63) is 102 Å². The molecule has 3 unspecified atom stereocenters. The van der Waals surface area contributed by atoms with E-state index in [4.69, 9.17) is 27.9 Å². The summed E-state index contributed by atoms with van der Waals surface area (Å²) in [5.41, 5.74) is -0.955. The largest absolute Gasteiger partial charge is 0.483 e. The first-order valence-corrected chi connectivity index (χ1v) is 15.3. The maximum atomic E-state index is 14.0. The molecule has 1 fully saturated rings. The highest BCUT2D eigenvalue weighted by molar-refractivity contribution is 8.00. The fraction of sp³-hybridized carbons (Fsp3) is 0.172.